The summed E-state index contributed by atoms with van der Waals surface area (Å²) < 4.78 is 0. The Hall–Kier alpha value is -1.35. The second-order valence-electron chi connectivity index (χ2n) is 4.89. The van der Waals surface area contributed by atoms with Gasteiger partial charge in [0, 0.05) is 0 Å². The lowest BCUT2D eigenvalue weighted by Gasteiger charge is -2.10. The molecule has 0 aliphatic carbocycles. The molecular formula is C15H23NO2. The van der Waals surface area contributed by atoms with Crippen LogP contribution in [0.2, 0.25) is 0 Å². The van der Waals surface area contributed by atoms with Gasteiger partial charge >= 0.3 is 5.97 Å². The van der Waals surface area contributed by atoms with Gasteiger partial charge in [0.05, 0.1) is 0 Å². The van der Waals surface area contributed by atoms with Crippen molar-refractivity contribution in [2.45, 2.75) is 51.5 Å². The largest absolute Gasteiger partial charge is 0.480 e. The fraction of sp³-hybridized carbons (Fsp3) is 0.533. The summed E-state index contributed by atoms with van der Waals surface area (Å²) in [4.78, 5) is 10.6. The summed E-state index contributed by atoms with van der Waals surface area (Å²) in [5, 5.41) is 8.68. The number of rotatable bonds is 7. The van der Waals surface area contributed by atoms with E-state index in [1.165, 1.54) is 11.1 Å². The number of aliphatic carboxylic acids is 1. The molecule has 2 unspecified atom stereocenters. The monoisotopic (exact) mass is 249 g/mol. The van der Waals surface area contributed by atoms with Crippen molar-refractivity contribution < 1.29 is 9.90 Å². The molecule has 0 aliphatic rings. The first-order valence-electron chi connectivity index (χ1n) is 6.61. The highest BCUT2D eigenvalue weighted by molar-refractivity contribution is 5.72. The maximum Gasteiger partial charge on any atom is 0.320 e. The van der Waals surface area contributed by atoms with Crippen LogP contribution in [0.3, 0.4) is 0 Å². The smallest absolute Gasteiger partial charge is 0.320 e. The number of carboxylic acid groups (broad SMARTS) is 1. The SMILES string of the molecule is CCC(C)c1ccc(CCCC(N)C(=O)O)cc1. The fourth-order valence-corrected chi connectivity index (χ4v) is 1.90. The molecule has 0 aliphatic heterocycles. The van der Waals surface area contributed by atoms with Crippen molar-refractivity contribution in [3.05, 3.63) is 35.4 Å². The summed E-state index contributed by atoms with van der Waals surface area (Å²) in [6, 6.07) is 7.87. The molecular weight excluding hydrogens is 226 g/mol. The number of carbonyl (C=O) groups is 1. The molecule has 2 atom stereocenters. The minimum absolute atomic E-state index is 0.530. The fourth-order valence-electron chi connectivity index (χ4n) is 1.90. The standard InChI is InChI=1S/C15H23NO2/c1-3-11(2)13-9-7-12(8-10-13)5-4-6-14(16)15(17)18/h7-11,14H,3-6,16H2,1-2H3,(H,17,18). The van der Waals surface area contributed by atoms with E-state index in [9.17, 15) is 4.79 Å². The van der Waals surface area contributed by atoms with Crippen molar-refractivity contribution in [3.63, 3.8) is 0 Å². The summed E-state index contributed by atoms with van der Waals surface area (Å²) in [6.45, 7) is 4.41. The molecule has 3 nitrogen and oxygen atoms in total. The Morgan fingerprint density at radius 3 is 2.44 bits per heavy atom. The number of benzene rings is 1. The lowest BCUT2D eigenvalue weighted by Crippen LogP contribution is -2.29. The third-order valence-corrected chi connectivity index (χ3v) is 3.46. The van der Waals surface area contributed by atoms with E-state index in [-0.39, 0.29) is 0 Å². The van der Waals surface area contributed by atoms with E-state index in [1.54, 1.807) is 0 Å². The van der Waals surface area contributed by atoms with Crippen molar-refractivity contribution in [1.82, 2.24) is 0 Å². The van der Waals surface area contributed by atoms with Gasteiger partial charge in [0.15, 0.2) is 0 Å². The van der Waals surface area contributed by atoms with E-state index < -0.39 is 12.0 Å². The maximum atomic E-state index is 10.6. The first-order valence-corrected chi connectivity index (χ1v) is 6.61. The molecule has 1 rings (SSSR count). The maximum absolute atomic E-state index is 10.6. The van der Waals surface area contributed by atoms with Crippen LogP contribution in [0.4, 0.5) is 0 Å². The van der Waals surface area contributed by atoms with Crippen LogP contribution in [0.25, 0.3) is 0 Å². The Morgan fingerprint density at radius 1 is 1.33 bits per heavy atom. The van der Waals surface area contributed by atoms with Crippen LogP contribution in [-0.2, 0) is 11.2 Å². The van der Waals surface area contributed by atoms with Gasteiger partial charge < -0.3 is 10.8 Å². The Kier molecular flexibility index (Phi) is 5.86. The van der Waals surface area contributed by atoms with E-state index >= 15 is 0 Å². The van der Waals surface area contributed by atoms with Gasteiger partial charge in [-0.25, -0.2) is 0 Å². The van der Waals surface area contributed by atoms with Crippen molar-refractivity contribution in [2.24, 2.45) is 5.73 Å². The van der Waals surface area contributed by atoms with E-state index in [0.29, 0.717) is 12.3 Å². The van der Waals surface area contributed by atoms with Crippen LogP contribution >= 0.6 is 0 Å². The molecule has 0 heterocycles. The zero-order valence-electron chi connectivity index (χ0n) is 11.2. The van der Waals surface area contributed by atoms with Gasteiger partial charge in [-0.1, -0.05) is 38.1 Å². The summed E-state index contributed by atoms with van der Waals surface area (Å²) in [6.07, 6.45) is 3.38. The quantitative estimate of drug-likeness (QED) is 0.781. The number of carboxylic acids is 1. The molecule has 0 aromatic heterocycles. The normalized spacial score (nSPS) is 14.2. The minimum atomic E-state index is -0.915. The minimum Gasteiger partial charge on any atom is -0.480 e. The number of nitrogens with two attached hydrogens (primary N) is 1. The van der Waals surface area contributed by atoms with E-state index in [1.807, 2.05) is 0 Å². The second kappa shape index (κ2) is 7.17. The summed E-state index contributed by atoms with van der Waals surface area (Å²) in [5.41, 5.74) is 8.08. The average molecular weight is 249 g/mol. The lowest BCUT2D eigenvalue weighted by atomic mass is 9.96. The molecule has 1 aromatic carbocycles. The Morgan fingerprint density at radius 2 is 1.94 bits per heavy atom. The predicted molar refractivity (Wildman–Crippen MR) is 73.7 cm³/mol. The van der Waals surface area contributed by atoms with Gasteiger partial charge in [0.2, 0.25) is 0 Å². The molecule has 0 radical (unpaired) electrons. The molecule has 100 valence electrons. The van der Waals surface area contributed by atoms with Crippen LogP contribution in [0.1, 0.15) is 50.2 Å². The molecule has 3 heteroatoms. The molecule has 0 spiro atoms. The third kappa shape index (κ3) is 4.49. The molecule has 0 bridgehead atoms. The second-order valence-corrected chi connectivity index (χ2v) is 4.89. The lowest BCUT2D eigenvalue weighted by molar-refractivity contribution is -0.138. The van der Waals surface area contributed by atoms with Gasteiger partial charge in [-0.15, -0.1) is 0 Å². The topological polar surface area (TPSA) is 63.3 Å². The number of hydrogen-bond donors (Lipinski definition) is 2. The van der Waals surface area contributed by atoms with Gasteiger partial charge in [-0.3, -0.25) is 4.79 Å². The number of aryl methyl sites for hydroxylation is 1. The molecule has 0 saturated heterocycles. The van der Waals surface area contributed by atoms with E-state index in [0.717, 1.165) is 19.3 Å². The average Bonchev–Trinajstić information content (AvgIpc) is 2.38. The molecule has 1 aromatic rings. The van der Waals surface area contributed by atoms with Crippen molar-refractivity contribution in [2.75, 3.05) is 0 Å². The van der Waals surface area contributed by atoms with Crippen molar-refractivity contribution in [3.8, 4) is 0 Å². The Labute approximate surface area is 109 Å². The van der Waals surface area contributed by atoms with Crippen LogP contribution in [-0.4, -0.2) is 17.1 Å². The molecule has 18 heavy (non-hydrogen) atoms. The molecule has 0 amide bonds. The summed E-state index contributed by atoms with van der Waals surface area (Å²) in [5.74, 6) is -0.318. The van der Waals surface area contributed by atoms with Crippen LogP contribution in [0.5, 0.6) is 0 Å². The summed E-state index contributed by atoms with van der Waals surface area (Å²) >= 11 is 0. The zero-order chi connectivity index (χ0) is 13.5. The van der Waals surface area contributed by atoms with Gasteiger partial charge in [-0.2, -0.15) is 0 Å². The first-order chi connectivity index (χ1) is 8.54. The molecule has 3 N–H and O–H groups in total. The molecule has 0 saturated carbocycles. The van der Waals surface area contributed by atoms with Gasteiger partial charge in [-0.05, 0) is 42.7 Å². The van der Waals surface area contributed by atoms with Gasteiger partial charge in [0.1, 0.15) is 6.04 Å². The number of hydrogen-bond acceptors (Lipinski definition) is 2. The van der Waals surface area contributed by atoms with Crippen LogP contribution in [0, 0.1) is 0 Å². The predicted octanol–water partition coefficient (Wildman–Crippen LogP) is 2.93. The van der Waals surface area contributed by atoms with Crippen molar-refractivity contribution in [1.29, 1.82) is 0 Å². The van der Waals surface area contributed by atoms with E-state index in [4.69, 9.17) is 10.8 Å². The highest BCUT2D eigenvalue weighted by Crippen LogP contribution is 2.19. The Bertz CT molecular complexity index is 373. The molecule has 0 fully saturated rings. The first kappa shape index (κ1) is 14.7. The third-order valence-electron chi connectivity index (χ3n) is 3.46. The van der Waals surface area contributed by atoms with Crippen LogP contribution < -0.4 is 5.73 Å². The Balaban J connectivity index is 2.42. The van der Waals surface area contributed by atoms with Crippen molar-refractivity contribution >= 4 is 5.97 Å². The summed E-state index contributed by atoms with van der Waals surface area (Å²) in [7, 11) is 0. The highest BCUT2D eigenvalue weighted by atomic mass is 16.4. The van der Waals surface area contributed by atoms with Gasteiger partial charge in [0.25, 0.3) is 0 Å². The zero-order valence-corrected chi connectivity index (χ0v) is 11.2. The van der Waals surface area contributed by atoms with Crippen LogP contribution in [0.15, 0.2) is 24.3 Å². The van der Waals surface area contributed by atoms with E-state index in [2.05, 4.69) is 38.1 Å². The highest BCUT2D eigenvalue weighted by Gasteiger charge is 2.10.